The first-order valence-electron chi connectivity index (χ1n) is 14.8. The summed E-state index contributed by atoms with van der Waals surface area (Å²) in [6.45, 7) is 2.87. The van der Waals surface area contributed by atoms with Crippen molar-refractivity contribution in [1.29, 1.82) is 0 Å². The van der Waals surface area contributed by atoms with Gasteiger partial charge >= 0.3 is 12.2 Å². The van der Waals surface area contributed by atoms with Crippen LogP contribution in [0, 0.1) is 0 Å². The van der Waals surface area contributed by atoms with Crippen molar-refractivity contribution in [2.24, 2.45) is 0 Å². The number of piperazine rings is 1. The van der Waals surface area contributed by atoms with E-state index in [1.54, 1.807) is 59.5 Å². The van der Waals surface area contributed by atoms with Gasteiger partial charge < -0.3 is 25.8 Å². The zero-order valence-corrected chi connectivity index (χ0v) is 24.7. The highest BCUT2D eigenvalue weighted by Gasteiger charge is 2.37. The monoisotopic (exact) mass is 640 g/mol. The summed E-state index contributed by atoms with van der Waals surface area (Å²) >= 11 is 0. The number of imide groups is 1. The number of halogens is 3. The number of urea groups is 1. The topological polar surface area (TPSA) is 132 Å². The first-order chi connectivity index (χ1) is 21.6. The molecule has 0 spiro atoms. The largest absolute Gasteiger partial charge is 0.421 e. The molecule has 1 aliphatic heterocycles. The maximum Gasteiger partial charge on any atom is 0.421 e. The fourth-order valence-corrected chi connectivity index (χ4v) is 5.40. The molecular formula is C32H39F3N8O3. The number of nitrogens with one attached hydrogen (secondary N) is 4. The minimum Gasteiger partial charge on any atom is -0.365 e. The molecule has 2 aliphatic rings. The van der Waals surface area contributed by atoms with Crippen molar-refractivity contribution in [3.63, 3.8) is 0 Å². The van der Waals surface area contributed by atoms with E-state index in [1.807, 2.05) is 7.05 Å². The Labute approximate surface area is 266 Å². The van der Waals surface area contributed by atoms with E-state index in [0.29, 0.717) is 48.9 Å². The normalized spacial score (nSPS) is 18.6. The molecule has 0 unspecified atom stereocenters. The molecule has 1 saturated carbocycles. The van der Waals surface area contributed by atoms with Crippen LogP contribution in [0.2, 0.25) is 0 Å². The molecule has 2 aromatic carbocycles. The number of aromatic nitrogens is 2. The molecule has 0 bridgehead atoms. The molecule has 2 fully saturated rings. The van der Waals surface area contributed by atoms with Crippen LogP contribution in [-0.2, 0) is 6.18 Å². The lowest BCUT2D eigenvalue weighted by Gasteiger charge is -2.33. The summed E-state index contributed by atoms with van der Waals surface area (Å²) in [6.07, 6.45) is -1.56. The average molecular weight is 641 g/mol. The van der Waals surface area contributed by atoms with E-state index in [-0.39, 0.29) is 19.3 Å². The Morgan fingerprint density at radius 1 is 0.870 bits per heavy atom. The Balaban J connectivity index is 0.00000480. The number of carbonyl (C=O) groups is 3. The third-order valence-electron chi connectivity index (χ3n) is 7.94. The maximum atomic E-state index is 14.0. The summed E-state index contributed by atoms with van der Waals surface area (Å²) in [5.74, 6) is -1.17. The second kappa shape index (κ2) is 15.0. The molecule has 3 aromatic rings. The van der Waals surface area contributed by atoms with Crippen LogP contribution < -0.4 is 21.3 Å². The first-order valence-corrected chi connectivity index (χ1v) is 14.8. The molecule has 4 N–H and O–H groups in total. The Kier molecular flexibility index (Phi) is 11.2. The predicted octanol–water partition coefficient (Wildman–Crippen LogP) is 5.13. The van der Waals surface area contributed by atoms with E-state index < -0.39 is 41.6 Å². The smallest absolute Gasteiger partial charge is 0.365 e. The van der Waals surface area contributed by atoms with Crippen molar-refractivity contribution in [3.8, 4) is 0 Å². The lowest BCUT2D eigenvalue weighted by Crippen LogP contribution is -2.52. The number of likely N-dealkylation sites (N-methyl/N-ethyl adjacent to an activating group) is 1. The summed E-state index contributed by atoms with van der Waals surface area (Å²) in [4.78, 5) is 49.9. The van der Waals surface area contributed by atoms with E-state index in [9.17, 15) is 27.6 Å². The molecule has 2 atom stereocenters. The van der Waals surface area contributed by atoms with Crippen molar-refractivity contribution in [2.45, 2.75) is 51.4 Å². The number of hydrogen-bond donors (Lipinski definition) is 4. The highest BCUT2D eigenvalue weighted by atomic mass is 19.4. The summed E-state index contributed by atoms with van der Waals surface area (Å²) in [5.41, 5.74) is 0.256. The molecular weight excluding hydrogens is 601 g/mol. The third kappa shape index (κ3) is 8.71. The van der Waals surface area contributed by atoms with Gasteiger partial charge in [0.15, 0.2) is 0 Å². The van der Waals surface area contributed by atoms with E-state index in [2.05, 4.69) is 36.1 Å². The van der Waals surface area contributed by atoms with Crippen LogP contribution in [0.15, 0.2) is 60.8 Å². The molecule has 2 heterocycles. The molecule has 11 nitrogen and oxygen atoms in total. The Morgan fingerprint density at radius 3 is 2.17 bits per heavy atom. The van der Waals surface area contributed by atoms with Gasteiger partial charge in [0.25, 0.3) is 11.8 Å². The SMILES string of the molecule is C.CN1CCN(C(=O)c2ccc(Nc3ncc(C(F)(F)F)c(N[C@@H]4CCCC[C@@H]4NC(=O)NC(=O)c4ccccc4)n3)cc2)CC1. The van der Waals surface area contributed by atoms with Crippen molar-refractivity contribution in [2.75, 3.05) is 43.9 Å². The highest BCUT2D eigenvalue weighted by Crippen LogP contribution is 2.35. The quantitative estimate of drug-likeness (QED) is 0.280. The van der Waals surface area contributed by atoms with Gasteiger partial charge in [-0.2, -0.15) is 18.2 Å². The molecule has 5 rings (SSSR count). The van der Waals surface area contributed by atoms with Gasteiger partial charge in [-0.15, -0.1) is 0 Å². The van der Waals surface area contributed by atoms with Crippen molar-refractivity contribution in [1.82, 2.24) is 30.4 Å². The Hall–Kier alpha value is -4.72. The number of carbonyl (C=O) groups excluding carboxylic acids is 3. The zero-order chi connectivity index (χ0) is 32.0. The van der Waals surface area contributed by atoms with Crippen molar-refractivity contribution >= 4 is 35.3 Å². The van der Waals surface area contributed by atoms with Gasteiger partial charge in [-0.25, -0.2) is 9.78 Å². The predicted molar refractivity (Wildman–Crippen MR) is 169 cm³/mol. The van der Waals surface area contributed by atoms with Gasteiger partial charge in [0, 0.05) is 55.2 Å². The summed E-state index contributed by atoms with van der Waals surface area (Å²) < 4.78 is 41.9. The van der Waals surface area contributed by atoms with Crippen LogP contribution in [0.1, 0.15) is 59.4 Å². The standard InChI is InChI=1S/C31H35F3N8O3.CH4/c1-41-15-17-42(18-16-41)28(44)21-11-13-22(14-12-21)36-29-35-19-23(31(32,33)34)26(39-29)37-24-9-5-6-10-25(24)38-30(45)40-27(43)20-7-3-2-4-8-20;/h2-4,7-8,11-14,19,24-25H,5-6,9-10,15-18H2,1H3,(H2,35,36,37,39)(H2,38,40,43,45);1H4/t24-,25+;/m1./s1. The number of rotatable bonds is 7. The van der Waals surface area contributed by atoms with E-state index in [1.165, 1.54) is 0 Å². The van der Waals surface area contributed by atoms with Crippen LogP contribution in [-0.4, -0.2) is 82.9 Å². The fourth-order valence-electron chi connectivity index (χ4n) is 5.40. The van der Waals surface area contributed by atoms with Gasteiger partial charge in [-0.3, -0.25) is 14.9 Å². The summed E-state index contributed by atoms with van der Waals surface area (Å²) in [6, 6.07) is 12.9. The van der Waals surface area contributed by atoms with Crippen LogP contribution in [0.25, 0.3) is 0 Å². The minimum absolute atomic E-state index is 0. The Morgan fingerprint density at radius 2 is 1.52 bits per heavy atom. The highest BCUT2D eigenvalue weighted by molar-refractivity contribution is 6.04. The summed E-state index contributed by atoms with van der Waals surface area (Å²) in [5, 5.41) is 10.8. The number of benzene rings is 2. The second-order valence-corrected chi connectivity index (χ2v) is 11.2. The number of amides is 4. The zero-order valence-electron chi connectivity index (χ0n) is 24.7. The van der Waals surface area contributed by atoms with E-state index in [0.717, 1.165) is 25.9 Å². The second-order valence-electron chi connectivity index (χ2n) is 11.2. The lowest BCUT2D eigenvalue weighted by atomic mass is 9.90. The number of alkyl halides is 3. The van der Waals surface area contributed by atoms with E-state index in [4.69, 9.17) is 0 Å². The van der Waals surface area contributed by atoms with Crippen LogP contribution in [0.4, 0.5) is 35.4 Å². The molecule has 1 saturated heterocycles. The Bertz CT molecular complexity index is 1500. The molecule has 46 heavy (non-hydrogen) atoms. The van der Waals surface area contributed by atoms with Crippen LogP contribution >= 0.6 is 0 Å². The molecule has 14 heteroatoms. The third-order valence-corrected chi connectivity index (χ3v) is 7.94. The maximum absolute atomic E-state index is 14.0. The van der Waals surface area contributed by atoms with Gasteiger partial charge in [0.05, 0.1) is 6.04 Å². The summed E-state index contributed by atoms with van der Waals surface area (Å²) in [7, 11) is 2.01. The molecule has 1 aromatic heterocycles. The van der Waals surface area contributed by atoms with Crippen LogP contribution in [0.3, 0.4) is 0 Å². The van der Waals surface area contributed by atoms with E-state index >= 15 is 0 Å². The lowest BCUT2D eigenvalue weighted by molar-refractivity contribution is -0.137. The van der Waals surface area contributed by atoms with Gasteiger partial charge in [0.1, 0.15) is 11.4 Å². The molecule has 246 valence electrons. The molecule has 1 aliphatic carbocycles. The molecule has 4 amide bonds. The van der Waals surface area contributed by atoms with Gasteiger partial charge in [-0.05, 0) is 56.3 Å². The van der Waals surface area contributed by atoms with Crippen molar-refractivity contribution < 1.29 is 27.6 Å². The van der Waals surface area contributed by atoms with Crippen molar-refractivity contribution in [3.05, 3.63) is 77.5 Å². The van der Waals surface area contributed by atoms with Gasteiger partial charge in [-0.1, -0.05) is 38.5 Å². The molecule has 0 radical (unpaired) electrons. The fraction of sp³-hybridized carbons (Fsp3) is 0.406. The number of hydrogen-bond acceptors (Lipinski definition) is 8. The number of anilines is 3. The number of nitrogens with zero attached hydrogens (tertiary/aromatic N) is 4. The van der Waals surface area contributed by atoms with Crippen LogP contribution in [0.5, 0.6) is 0 Å². The minimum atomic E-state index is -4.73. The average Bonchev–Trinajstić information content (AvgIpc) is 3.02. The first kappa shape index (κ1) is 34.2. The van der Waals surface area contributed by atoms with Gasteiger partial charge in [0.2, 0.25) is 5.95 Å².